The molecule has 0 radical (unpaired) electrons. The van der Waals surface area contributed by atoms with Crippen LogP contribution in [-0.4, -0.2) is 64.0 Å². The summed E-state index contributed by atoms with van der Waals surface area (Å²) in [7, 11) is 0. The number of nitriles is 1. The molecule has 208 valence electrons. The highest BCUT2D eigenvalue weighted by Gasteiger charge is 2.20. The van der Waals surface area contributed by atoms with Crippen LogP contribution in [-0.2, 0) is 11.3 Å². The number of anilines is 2. The van der Waals surface area contributed by atoms with E-state index in [-0.39, 0.29) is 12.5 Å². The standard InChI is InChI=1S/C28H29F2N7O3/c1-28(2,17-31)18-39-23-15-33-26(40-27(29)30)13-22(23)20-5-6-37-21(11-20)12-25(35-37)34-24-4-3-19(14-32-24)16-36-7-9-38-10-8-36/h3-6,11-15,27H,7-10,16,18H2,1-2H3,(H,32,34,35). The van der Waals surface area contributed by atoms with E-state index in [0.717, 1.165) is 43.9 Å². The van der Waals surface area contributed by atoms with Crippen LogP contribution in [0, 0.1) is 16.7 Å². The van der Waals surface area contributed by atoms with Crippen molar-refractivity contribution in [1.29, 1.82) is 5.26 Å². The van der Waals surface area contributed by atoms with E-state index in [0.29, 0.717) is 28.5 Å². The van der Waals surface area contributed by atoms with Crippen molar-refractivity contribution in [2.75, 3.05) is 38.2 Å². The van der Waals surface area contributed by atoms with Crippen LogP contribution < -0.4 is 14.8 Å². The highest BCUT2D eigenvalue weighted by molar-refractivity contribution is 5.75. The molecule has 0 atom stereocenters. The molecule has 0 aliphatic carbocycles. The molecule has 12 heteroatoms. The van der Waals surface area contributed by atoms with Crippen molar-refractivity contribution in [3.05, 3.63) is 60.6 Å². The molecule has 0 bridgehead atoms. The fraction of sp³-hybridized carbons (Fsp3) is 0.357. The van der Waals surface area contributed by atoms with E-state index in [2.05, 4.69) is 36.1 Å². The number of aromatic nitrogens is 4. The smallest absolute Gasteiger partial charge is 0.388 e. The Morgan fingerprint density at radius 3 is 2.65 bits per heavy atom. The summed E-state index contributed by atoms with van der Waals surface area (Å²) in [5.74, 6) is 1.35. The molecule has 1 aliphatic rings. The molecule has 0 aromatic carbocycles. The zero-order chi connectivity index (χ0) is 28.1. The van der Waals surface area contributed by atoms with Gasteiger partial charge < -0.3 is 19.5 Å². The molecule has 0 amide bonds. The van der Waals surface area contributed by atoms with Crippen molar-refractivity contribution in [2.45, 2.75) is 27.0 Å². The van der Waals surface area contributed by atoms with Crippen LogP contribution in [0.1, 0.15) is 19.4 Å². The minimum absolute atomic E-state index is 0.0917. The van der Waals surface area contributed by atoms with Crippen molar-refractivity contribution < 1.29 is 23.0 Å². The van der Waals surface area contributed by atoms with E-state index in [1.807, 2.05) is 30.5 Å². The summed E-state index contributed by atoms with van der Waals surface area (Å²) in [4.78, 5) is 10.8. The van der Waals surface area contributed by atoms with Crippen molar-refractivity contribution in [2.24, 2.45) is 5.41 Å². The van der Waals surface area contributed by atoms with Gasteiger partial charge in [-0.25, -0.2) is 14.5 Å². The van der Waals surface area contributed by atoms with Gasteiger partial charge in [-0.15, -0.1) is 0 Å². The number of nitrogens with one attached hydrogen (secondary N) is 1. The van der Waals surface area contributed by atoms with Gasteiger partial charge in [-0.2, -0.15) is 19.1 Å². The SMILES string of the molecule is CC(C)(C#N)COc1cnc(OC(F)F)cc1-c1ccn2nc(Nc3ccc(CN4CCOCC4)cn3)cc2c1. The average molecular weight is 550 g/mol. The molecule has 0 spiro atoms. The normalized spacial score (nSPS) is 14.3. The predicted octanol–water partition coefficient (Wildman–Crippen LogP) is 4.90. The lowest BCUT2D eigenvalue weighted by Gasteiger charge is -2.26. The molecule has 10 nitrogen and oxygen atoms in total. The second-order valence-corrected chi connectivity index (χ2v) is 10.1. The molecule has 5 rings (SSSR count). The maximum atomic E-state index is 12.9. The minimum Gasteiger partial charge on any atom is -0.490 e. The zero-order valence-electron chi connectivity index (χ0n) is 22.2. The quantitative estimate of drug-likeness (QED) is 0.295. The number of hydrogen-bond acceptors (Lipinski definition) is 9. The van der Waals surface area contributed by atoms with Crippen molar-refractivity contribution in [3.8, 4) is 28.8 Å². The lowest BCUT2D eigenvalue weighted by atomic mass is 9.97. The van der Waals surface area contributed by atoms with Gasteiger partial charge >= 0.3 is 6.61 Å². The van der Waals surface area contributed by atoms with E-state index in [1.54, 1.807) is 30.6 Å². The van der Waals surface area contributed by atoms with E-state index < -0.39 is 12.0 Å². The van der Waals surface area contributed by atoms with Gasteiger partial charge in [0.05, 0.1) is 36.4 Å². The van der Waals surface area contributed by atoms with Gasteiger partial charge in [-0.3, -0.25) is 4.90 Å². The number of hydrogen-bond donors (Lipinski definition) is 1. The van der Waals surface area contributed by atoms with E-state index in [1.165, 1.54) is 12.3 Å². The largest absolute Gasteiger partial charge is 0.490 e. The summed E-state index contributed by atoms with van der Waals surface area (Å²) >= 11 is 0. The first-order valence-corrected chi connectivity index (χ1v) is 12.8. The Kier molecular flexibility index (Phi) is 8.04. The molecule has 5 heterocycles. The monoisotopic (exact) mass is 549 g/mol. The highest BCUT2D eigenvalue weighted by Crippen LogP contribution is 2.34. The fourth-order valence-corrected chi connectivity index (χ4v) is 4.17. The van der Waals surface area contributed by atoms with Crippen molar-refractivity contribution in [3.63, 3.8) is 0 Å². The maximum Gasteiger partial charge on any atom is 0.388 e. The summed E-state index contributed by atoms with van der Waals surface area (Å²) in [5, 5.41) is 17.1. The van der Waals surface area contributed by atoms with Crippen LogP contribution in [0.2, 0.25) is 0 Å². The third kappa shape index (κ3) is 6.80. The first-order chi connectivity index (χ1) is 19.3. The summed E-state index contributed by atoms with van der Waals surface area (Å²) < 4.78 is 43.2. The molecule has 1 saturated heterocycles. The van der Waals surface area contributed by atoms with Gasteiger partial charge in [0, 0.05) is 49.7 Å². The third-order valence-electron chi connectivity index (χ3n) is 6.31. The van der Waals surface area contributed by atoms with Gasteiger partial charge in [0.25, 0.3) is 0 Å². The van der Waals surface area contributed by atoms with Crippen LogP contribution >= 0.6 is 0 Å². The molecular weight excluding hydrogens is 520 g/mol. The highest BCUT2D eigenvalue weighted by atomic mass is 19.3. The van der Waals surface area contributed by atoms with E-state index in [4.69, 9.17) is 9.47 Å². The summed E-state index contributed by atoms with van der Waals surface area (Å²) in [6.45, 7) is 4.72. The molecular formula is C28H29F2N7O3. The van der Waals surface area contributed by atoms with Crippen molar-refractivity contribution in [1.82, 2.24) is 24.5 Å². The lowest BCUT2D eigenvalue weighted by molar-refractivity contribution is -0.0528. The Morgan fingerprint density at radius 1 is 1.10 bits per heavy atom. The van der Waals surface area contributed by atoms with Gasteiger partial charge in [-0.05, 0) is 43.2 Å². The number of alkyl halides is 2. The van der Waals surface area contributed by atoms with Crippen LogP contribution in [0.4, 0.5) is 20.4 Å². The second-order valence-electron chi connectivity index (χ2n) is 10.1. The van der Waals surface area contributed by atoms with Gasteiger partial charge in [-0.1, -0.05) is 6.07 Å². The summed E-state index contributed by atoms with van der Waals surface area (Å²) in [5.41, 5.74) is 2.29. The average Bonchev–Trinajstić information content (AvgIpc) is 3.35. The van der Waals surface area contributed by atoms with Gasteiger partial charge in [0.1, 0.15) is 18.2 Å². The summed E-state index contributed by atoms with van der Waals surface area (Å²) in [6, 6.07) is 13.0. The topological polar surface area (TPSA) is 110 Å². The Bertz CT molecular complexity index is 1500. The molecule has 0 saturated carbocycles. The van der Waals surface area contributed by atoms with E-state index >= 15 is 0 Å². The summed E-state index contributed by atoms with van der Waals surface area (Å²) in [6.07, 6.45) is 4.93. The van der Waals surface area contributed by atoms with Crippen LogP contribution in [0.3, 0.4) is 0 Å². The van der Waals surface area contributed by atoms with Gasteiger partial charge in [0.15, 0.2) is 5.82 Å². The van der Waals surface area contributed by atoms with Crippen LogP contribution in [0.15, 0.2) is 55.0 Å². The molecule has 0 unspecified atom stereocenters. The molecule has 4 aromatic rings. The van der Waals surface area contributed by atoms with Crippen LogP contribution in [0.25, 0.3) is 16.6 Å². The molecule has 40 heavy (non-hydrogen) atoms. The zero-order valence-corrected chi connectivity index (χ0v) is 22.2. The van der Waals surface area contributed by atoms with Crippen LogP contribution in [0.5, 0.6) is 11.6 Å². The molecule has 4 aromatic heterocycles. The number of fused-ring (bicyclic) bond motifs is 1. The Morgan fingerprint density at radius 2 is 1.93 bits per heavy atom. The number of halogens is 2. The number of morpholine rings is 1. The molecule has 1 N–H and O–H groups in total. The lowest BCUT2D eigenvalue weighted by Crippen LogP contribution is -2.35. The Hall–Kier alpha value is -4.34. The number of nitrogens with zero attached hydrogens (tertiary/aromatic N) is 6. The third-order valence-corrected chi connectivity index (χ3v) is 6.31. The van der Waals surface area contributed by atoms with Crippen molar-refractivity contribution >= 4 is 17.2 Å². The number of pyridine rings is 3. The Balaban J connectivity index is 1.35. The molecule has 1 fully saturated rings. The minimum atomic E-state index is -3.02. The molecule has 1 aliphatic heterocycles. The fourth-order valence-electron chi connectivity index (χ4n) is 4.17. The number of rotatable bonds is 10. The second kappa shape index (κ2) is 11.8. The Labute approximate surface area is 230 Å². The first-order valence-electron chi connectivity index (χ1n) is 12.8. The number of ether oxygens (including phenoxy) is 3. The van der Waals surface area contributed by atoms with Gasteiger partial charge in [0.2, 0.25) is 5.88 Å². The van der Waals surface area contributed by atoms with E-state index in [9.17, 15) is 14.0 Å². The predicted molar refractivity (Wildman–Crippen MR) is 144 cm³/mol. The first kappa shape index (κ1) is 27.2. The maximum absolute atomic E-state index is 12.9.